The smallest absolute Gasteiger partial charge is 0.305 e. The number of alkyl halides is 3. The van der Waals surface area contributed by atoms with E-state index in [0.29, 0.717) is 18.8 Å². The molecule has 0 aliphatic heterocycles. The Morgan fingerprint density at radius 3 is 2.75 bits per heavy atom. The van der Waals surface area contributed by atoms with Gasteiger partial charge in [0.2, 0.25) is 0 Å². The van der Waals surface area contributed by atoms with Crippen molar-refractivity contribution in [2.24, 2.45) is 0 Å². The summed E-state index contributed by atoms with van der Waals surface area (Å²) in [5.41, 5.74) is 1.61. The van der Waals surface area contributed by atoms with Crippen LogP contribution in [-0.4, -0.2) is 25.7 Å². The van der Waals surface area contributed by atoms with Crippen LogP contribution in [0.2, 0.25) is 0 Å². The molecule has 0 unspecified atom stereocenters. The van der Waals surface area contributed by atoms with Crippen LogP contribution in [-0.2, 0) is 26.2 Å². The van der Waals surface area contributed by atoms with Crippen molar-refractivity contribution in [2.45, 2.75) is 39.3 Å². The molecule has 0 amide bonds. The molecular weight excluding hydrogens is 271 g/mol. The van der Waals surface area contributed by atoms with E-state index < -0.39 is 12.7 Å². The Kier molecular flexibility index (Phi) is 4.43. The zero-order chi connectivity index (χ0) is 14.6. The van der Waals surface area contributed by atoms with Gasteiger partial charge >= 0.3 is 6.18 Å². The first-order valence-corrected chi connectivity index (χ1v) is 6.28. The highest BCUT2D eigenvalue weighted by atomic mass is 19.4. The summed E-state index contributed by atoms with van der Waals surface area (Å²) in [4.78, 5) is 0. The maximum absolute atomic E-state index is 12.2. The number of aryl methyl sites for hydroxylation is 1. The lowest BCUT2D eigenvalue weighted by Crippen LogP contribution is -2.19. The first-order valence-electron chi connectivity index (χ1n) is 6.28. The fourth-order valence-corrected chi connectivity index (χ4v) is 1.88. The third-order valence-electron chi connectivity index (χ3n) is 2.75. The van der Waals surface area contributed by atoms with Gasteiger partial charge in [-0.25, -0.2) is 0 Å². The highest BCUT2D eigenvalue weighted by Gasteiger charge is 2.28. The van der Waals surface area contributed by atoms with Gasteiger partial charge in [0, 0.05) is 32.0 Å². The minimum Gasteiger partial charge on any atom is -0.305 e. The van der Waals surface area contributed by atoms with Gasteiger partial charge in [-0.1, -0.05) is 0 Å². The van der Waals surface area contributed by atoms with E-state index in [0.717, 1.165) is 16.9 Å². The van der Waals surface area contributed by atoms with Crippen LogP contribution in [0.3, 0.4) is 0 Å². The number of halogens is 3. The number of aromatic nitrogens is 4. The van der Waals surface area contributed by atoms with E-state index in [1.807, 2.05) is 17.7 Å². The van der Waals surface area contributed by atoms with Gasteiger partial charge in [-0.15, -0.1) is 0 Å². The first-order chi connectivity index (χ1) is 9.48. The molecule has 2 heterocycles. The molecule has 2 aromatic rings. The Bertz CT molecular complexity index is 543. The molecule has 2 aromatic heterocycles. The molecule has 0 saturated carbocycles. The minimum absolute atomic E-state index is 0.416. The largest absolute Gasteiger partial charge is 0.408 e. The predicted molar refractivity (Wildman–Crippen MR) is 66.7 cm³/mol. The van der Waals surface area contributed by atoms with Crippen LogP contribution < -0.4 is 5.32 Å². The van der Waals surface area contributed by atoms with Crippen LogP contribution in [0, 0.1) is 0 Å². The number of nitrogens with one attached hydrogen (secondary N) is 1. The van der Waals surface area contributed by atoms with E-state index >= 15 is 0 Å². The van der Waals surface area contributed by atoms with Crippen molar-refractivity contribution in [1.29, 1.82) is 0 Å². The lowest BCUT2D eigenvalue weighted by molar-refractivity contribution is -0.142. The minimum atomic E-state index is -4.25. The lowest BCUT2D eigenvalue weighted by atomic mass is 10.4. The third kappa shape index (κ3) is 4.09. The zero-order valence-electron chi connectivity index (χ0n) is 11.1. The highest BCUT2D eigenvalue weighted by Crippen LogP contribution is 2.16. The lowest BCUT2D eigenvalue weighted by Gasteiger charge is -2.06. The van der Waals surface area contributed by atoms with E-state index in [2.05, 4.69) is 15.5 Å². The van der Waals surface area contributed by atoms with Crippen molar-refractivity contribution in [3.05, 3.63) is 35.9 Å². The summed E-state index contributed by atoms with van der Waals surface area (Å²) in [6, 6.07) is 3.48. The summed E-state index contributed by atoms with van der Waals surface area (Å²) < 4.78 is 39.3. The summed E-state index contributed by atoms with van der Waals surface area (Å²) in [7, 11) is 0. The second-order valence-electron chi connectivity index (χ2n) is 4.36. The maximum atomic E-state index is 12.2. The van der Waals surface area contributed by atoms with Gasteiger partial charge in [0.05, 0.1) is 11.4 Å². The van der Waals surface area contributed by atoms with Gasteiger partial charge in [0.25, 0.3) is 0 Å². The van der Waals surface area contributed by atoms with Gasteiger partial charge in [0.1, 0.15) is 6.54 Å². The molecule has 20 heavy (non-hydrogen) atoms. The normalized spacial score (nSPS) is 12.0. The standard InChI is InChI=1S/C12H16F3N5/c1-2-20-11(3-5-17-20)8-16-7-10-4-6-19(18-10)9-12(13,14)15/h3-6,16H,2,7-9H2,1H3. The molecule has 0 atom stereocenters. The maximum Gasteiger partial charge on any atom is 0.408 e. The quantitative estimate of drug-likeness (QED) is 0.883. The van der Waals surface area contributed by atoms with Crippen molar-refractivity contribution in [3.8, 4) is 0 Å². The van der Waals surface area contributed by atoms with Gasteiger partial charge in [0.15, 0.2) is 0 Å². The first kappa shape index (κ1) is 14.6. The van der Waals surface area contributed by atoms with Gasteiger partial charge in [-0.3, -0.25) is 9.36 Å². The molecule has 1 N–H and O–H groups in total. The van der Waals surface area contributed by atoms with Gasteiger partial charge in [-0.2, -0.15) is 23.4 Å². The molecule has 0 fully saturated rings. The number of rotatable bonds is 6. The Morgan fingerprint density at radius 2 is 2.05 bits per heavy atom. The SMILES string of the molecule is CCn1nccc1CNCc1ccn(CC(F)(F)F)n1. The van der Waals surface area contributed by atoms with E-state index in [9.17, 15) is 13.2 Å². The number of hydrogen-bond acceptors (Lipinski definition) is 3. The van der Waals surface area contributed by atoms with Crippen molar-refractivity contribution < 1.29 is 13.2 Å². The Morgan fingerprint density at radius 1 is 1.25 bits per heavy atom. The van der Waals surface area contributed by atoms with Crippen LogP contribution >= 0.6 is 0 Å². The molecule has 0 aliphatic rings. The summed E-state index contributed by atoms with van der Waals surface area (Å²) in [5.74, 6) is 0. The highest BCUT2D eigenvalue weighted by molar-refractivity contribution is 5.02. The zero-order valence-corrected chi connectivity index (χ0v) is 11.1. The van der Waals surface area contributed by atoms with Crippen molar-refractivity contribution in [2.75, 3.05) is 0 Å². The van der Waals surface area contributed by atoms with E-state index in [1.165, 1.54) is 6.20 Å². The number of nitrogens with zero attached hydrogens (tertiary/aromatic N) is 4. The van der Waals surface area contributed by atoms with Crippen molar-refractivity contribution in [1.82, 2.24) is 24.9 Å². The number of hydrogen-bond donors (Lipinski definition) is 1. The predicted octanol–water partition coefficient (Wildman–Crippen LogP) is 1.95. The van der Waals surface area contributed by atoms with Gasteiger partial charge in [-0.05, 0) is 19.1 Å². The molecule has 5 nitrogen and oxygen atoms in total. The monoisotopic (exact) mass is 287 g/mol. The molecule has 0 bridgehead atoms. The second kappa shape index (κ2) is 6.08. The molecule has 0 radical (unpaired) electrons. The van der Waals surface area contributed by atoms with Crippen LogP contribution in [0.25, 0.3) is 0 Å². The fourth-order valence-electron chi connectivity index (χ4n) is 1.88. The Hall–Kier alpha value is -1.83. The summed E-state index contributed by atoms with van der Waals surface area (Å²) in [6.45, 7) is 2.73. The van der Waals surface area contributed by atoms with Crippen LogP contribution in [0.5, 0.6) is 0 Å². The van der Waals surface area contributed by atoms with E-state index in [-0.39, 0.29) is 0 Å². The summed E-state index contributed by atoms with van der Waals surface area (Å²) >= 11 is 0. The van der Waals surface area contributed by atoms with E-state index in [1.54, 1.807) is 12.3 Å². The topological polar surface area (TPSA) is 47.7 Å². The molecule has 0 spiro atoms. The summed E-state index contributed by atoms with van der Waals surface area (Å²) in [6.07, 6.45) is -1.19. The van der Waals surface area contributed by atoms with Gasteiger partial charge < -0.3 is 5.32 Å². The van der Waals surface area contributed by atoms with Crippen LogP contribution in [0.1, 0.15) is 18.3 Å². The second-order valence-corrected chi connectivity index (χ2v) is 4.36. The van der Waals surface area contributed by atoms with Crippen LogP contribution in [0.15, 0.2) is 24.5 Å². The fraction of sp³-hybridized carbons (Fsp3) is 0.500. The molecule has 8 heteroatoms. The molecule has 0 saturated heterocycles. The van der Waals surface area contributed by atoms with Crippen molar-refractivity contribution >= 4 is 0 Å². The van der Waals surface area contributed by atoms with E-state index in [4.69, 9.17) is 0 Å². The molecule has 0 aromatic carbocycles. The third-order valence-corrected chi connectivity index (χ3v) is 2.75. The van der Waals surface area contributed by atoms with Crippen LogP contribution in [0.4, 0.5) is 13.2 Å². The average Bonchev–Trinajstić information content (AvgIpc) is 2.96. The molecule has 110 valence electrons. The molecule has 2 rings (SSSR count). The summed E-state index contributed by atoms with van der Waals surface area (Å²) in [5, 5.41) is 11.1. The Labute approximate surface area is 114 Å². The Balaban J connectivity index is 1.83. The van der Waals surface area contributed by atoms with Crippen molar-refractivity contribution in [3.63, 3.8) is 0 Å². The average molecular weight is 287 g/mol. The molecule has 0 aliphatic carbocycles. The molecular formula is C12H16F3N5.